The average molecular weight is 284 g/mol. The van der Waals surface area contributed by atoms with Gasteiger partial charge in [0.05, 0.1) is 11.3 Å². The molecule has 2 aromatic heterocycles. The van der Waals surface area contributed by atoms with Gasteiger partial charge >= 0.3 is 6.18 Å². The first-order chi connectivity index (χ1) is 9.47. The van der Waals surface area contributed by atoms with E-state index >= 15 is 0 Å². The van der Waals surface area contributed by atoms with E-state index in [-0.39, 0.29) is 11.7 Å². The Morgan fingerprint density at radius 3 is 2.90 bits per heavy atom. The van der Waals surface area contributed by atoms with Gasteiger partial charge < -0.3 is 15.6 Å². The molecule has 0 aromatic carbocycles. The monoisotopic (exact) mass is 284 g/mol. The number of anilines is 1. The molecule has 108 valence electrons. The maximum atomic E-state index is 13.2. The Kier molecular flexibility index (Phi) is 3.08. The first kappa shape index (κ1) is 13.2. The fourth-order valence-corrected chi connectivity index (χ4v) is 2.76. The summed E-state index contributed by atoms with van der Waals surface area (Å²) in [6.07, 6.45) is -0.277. The molecule has 0 saturated carbocycles. The lowest BCUT2D eigenvalue weighted by atomic mass is 10.0. The van der Waals surface area contributed by atoms with Gasteiger partial charge in [0, 0.05) is 36.9 Å². The molecule has 1 fully saturated rings. The molecule has 3 N–H and O–H groups in total. The summed E-state index contributed by atoms with van der Waals surface area (Å²) in [6.45, 7) is 1.02. The Balaban J connectivity index is 2.17. The zero-order valence-electron chi connectivity index (χ0n) is 10.7. The third-order valence-corrected chi connectivity index (χ3v) is 3.64. The Hall–Kier alpha value is -1.76. The molecule has 0 aliphatic carbocycles. The van der Waals surface area contributed by atoms with E-state index in [1.807, 2.05) is 0 Å². The van der Waals surface area contributed by atoms with Crippen molar-refractivity contribution in [3.8, 4) is 0 Å². The summed E-state index contributed by atoms with van der Waals surface area (Å²) >= 11 is 0. The molecule has 3 heterocycles. The molecule has 0 bridgehead atoms. The van der Waals surface area contributed by atoms with E-state index in [2.05, 4.69) is 9.97 Å². The molecule has 1 saturated heterocycles. The third kappa shape index (κ3) is 2.22. The molecular weight excluding hydrogens is 269 g/mol. The summed E-state index contributed by atoms with van der Waals surface area (Å²) in [5.74, 6) is 0. The van der Waals surface area contributed by atoms with Gasteiger partial charge in [-0.15, -0.1) is 0 Å². The SMILES string of the molecule is N[C@@H]1CCCN(c2c(C(F)(F)F)cnc3[nH]ccc23)C1. The van der Waals surface area contributed by atoms with Crippen LogP contribution in [0.25, 0.3) is 11.0 Å². The number of aromatic nitrogens is 2. The number of nitrogens with one attached hydrogen (secondary N) is 1. The Morgan fingerprint density at radius 2 is 2.20 bits per heavy atom. The molecule has 1 aliphatic rings. The average Bonchev–Trinajstić information content (AvgIpc) is 2.84. The van der Waals surface area contributed by atoms with Gasteiger partial charge in [-0.05, 0) is 18.9 Å². The number of rotatable bonds is 1. The number of hydrogen-bond donors (Lipinski definition) is 2. The molecular formula is C13H15F3N4. The Morgan fingerprint density at radius 1 is 1.40 bits per heavy atom. The zero-order chi connectivity index (χ0) is 14.3. The van der Waals surface area contributed by atoms with Crippen LogP contribution in [-0.4, -0.2) is 29.1 Å². The molecule has 0 amide bonds. The second kappa shape index (κ2) is 4.66. The standard InChI is InChI=1S/C13H15F3N4/c14-13(15,16)10-6-19-12-9(3-4-18-12)11(10)20-5-1-2-8(17)7-20/h3-4,6,8H,1-2,5,7,17H2,(H,18,19)/t8-/m1/s1. The van der Waals surface area contributed by atoms with E-state index in [0.717, 1.165) is 19.0 Å². The molecule has 0 unspecified atom stereocenters. The molecule has 1 atom stereocenters. The number of aromatic amines is 1. The fraction of sp³-hybridized carbons (Fsp3) is 0.462. The van der Waals surface area contributed by atoms with Crippen LogP contribution in [-0.2, 0) is 6.18 Å². The summed E-state index contributed by atoms with van der Waals surface area (Å²) in [5.41, 5.74) is 5.86. The minimum Gasteiger partial charge on any atom is -0.369 e. The normalized spacial score (nSPS) is 20.6. The lowest BCUT2D eigenvalue weighted by molar-refractivity contribution is -0.137. The maximum absolute atomic E-state index is 13.2. The minimum absolute atomic E-state index is 0.0907. The van der Waals surface area contributed by atoms with Crippen molar-refractivity contribution in [3.63, 3.8) is 0 Å². The van der Waals surface area contributed by atoms with Gasteiger partial charge in [0.25, 0.3) is 0 Å². The van der Waals surface area contributed by atoms with Gasteiger partial charge in [-0.1, -0.05) is 0 Å². The third-order valence-electron chi connectivity index (χ3n) is 3.64. The number of nitrogens with two attached hydrogens (primary N) is 1. The van der Waals surface area contributed by atoms with Gasteiger partial charge in [0.15, 0.2) is 0 Å². The predicted molar refractivity (Wildman–Crippen MR) is 70.5 cm³/mol. The molecule has 0 radical (unpaired) electrons. The summed E-state index contributed by atoms with van der Waals surface area (Å²) in [5, 5.41) is 0.494. The number of halogens is 3. The molecule has 2 aromatic rings. The Bertz CT molecular complexity index is 620. The highest BCUT2D eigenvalue weighted by molar-refractivity contribution is 5.92. The van der Waals surface area contributed by atoms with Crippen LogP contribution in [0.15, 0.2) is 18.5 Å². The zero-order valence-corrected chi connectivity index (χ0v) is 10.7. The van der Waals surface area contributed by atoms with Crippen molar-refractivity contribution >= 4 is 16.7 Å². The van der Waals surface area contributed by atoms with Crippen molar-refractivity contribution in [2.24, 2.45) is 5.73 Å². The van der Waals surface area contributed by atoms with Crippen LogP contribution in [0.4, 0.5) is 18.9 Å². The number of piperidine rings is 1. The van der Waals surface area contributed by atoms with E-state index in [1.54, 1.807) is 17.2 Å². The topological polar surface area (TPSA) is 57.9 Å². The van der Waals surface area contributed by atoms with Crippen molar-refractivity contribution in [1.82, 2.24) is 9.97 Å². The summed E-state index contributed by atoms with van der Waals surface area (Å²) in [4.78, 5) is 8.43. The van der Waals surface area contributed by atoms with Crippen molar-refractivity contribution in [3.05, 3.63) is 24.0 Å². The number of nitrogens with zero attached hydrogens (tertiary/aromatic N) is 2. The van der Waals surface area contributed by atoms with Gasteiger partial charge in [0.2, 0.25) is 0 Å². The predicted octanol–water partition coefficient (Wildman–Crippen LogP) is 2.51. The summed E-state index contributed by atoms with van der Waals surface area (Å²) in [7, 11) is 0. The van der Waals surface area contributed by atoms with Crippen LogP contribution >= 0.6 is 0 Å². The molecule has 20 heavy (non-hydrogen) atoms. The van der Waals surface area contributed by atoms with Crippen LogP contribution in [0.5, 0.6) is 0 Å². The summed E-state index contributed by atoms with van der Waals surface area (Å²) < 4.78 is 39.7. The van der Waals surface area contributed by atoms with Gasteiger partial charge in [-0.3, -0.25) is 0 Å². The van der Waals surface area contributed by atoms with Gasteiger partial charge in [-0.25, -0.2) is 4.98 Å². The van der Waals surface area contributed by atoms with Crippen LogP contribution < -0.4 is 10.6 Å². The lowest BCUT2D eigenvalue weighted by Gasteiger charge is -2.34. The van der Waals surface area contributed by atoms with Crippen LogP contribution in [0.1, 0.15) is 18.4 Å². The number of alkyl halides is 3. The van der Waals surface area contributed by atoms with Gasteiger partial charge in [0.1, 0.15) is 5.65 Å². The first-order valence-electron chi connectivity index (χ1n) is 6.50. The van der Waals surface area contributed by atoms with Crippen molar-refractivity contribution in [2.45, 2.75) is 25.1 Å². The molecule has 7 heteroatoms. The second-order valence-corrected chi connectivity index (χ2v) is 5.11. The minimum atomic E-state index is -4.42. The quantitative estimate of drug-likeness (QED) is 0.846. The highest BCUT2D eigenvalue weighted by atomic mass is 19.4. The van der Waals surface area contributed by atoms with E-state index in [0.29, 0.717) is 24.1 Å². The number of H-pyrrole nitrogens is 1. The van der Waals surface area contributed by atoms with E-state index in [4.69, 9.17) is 5.73 Å². The van der Waals surface area contributed by atoms with Crippen molar-refractivity contribution < 1.29 is 13.2 Å². The van der Waals surface area contributed by atoms with Crippen LogP contribution in [0, 0.1) is 0 Å². The number of hydrogen-bond acceptors (Lipinski definition) is 3. The van der Waals surface area contributed by atoms with Crippen molar-refractivity contribution in [2.75, 3.05) is 18.0 Å². The summed E-state index contributed by atoms with van der Waals surface area (Å²) in [6, 6.07) is 1.54. The van der Waals surface area contributed by atoms with Crippen molar-refractivity contribution in [1.29, 1.82) is 0 Å². The molecule has 0 spiro atoms. The van der Waals surface area contributed by atoms with Crippen LogP contribution in [0.2, 0.25) is 0 Å². The molecule has 3 rings (SSSR count). The van der Waals surface area contributed by atoms with E-state index in [9.17, 15) is 13.2 Å². The number of pyridine rings is 1. The highest BCUT2D eigenvalue weighted by Gasteiger charge is 2.37. The van der Waals surface area contributed by atoms with E-state index < -0.39 is 11.7 Å². The largest absolute Gasteiger partial charge is 0.419 e. The van der Waals surface area contributed by atoms with E-state index in [1.165, 1.54) is 0 Å². The smallest absolute Gasteiger partial charge is 0.369 e. The first-order valence-corrected chi connectivity index (χ1v) is 6.50. The highest BCUT2D eigenvalue weighted by Crippen LogP contribution is 2.40. The maximum Gasteiger partial charge on any atom is 0.419 e. The molecule has 1 aliphatic heterocycles. The Labute approximate surface area is 113 Å². The second-order valence-electron chi connectivity index (χ2n) is 5.11. The van der Waals surface area contributed by atoms with Crippen LogP contribution in [0.3, 0.4) is 0 Å². The lowest BCUT2D eigenvalue weighted by Crippen LogP contribution is -2.43. The fourth-order valence-electron chi connectivity index (χ4n) is 2.76. The van der Waals surface area contributed by atoms with Gasteiger partial charge in [-0.2, -0.15) is 13.2 Å². The molecule has 4 nitrogen and oxygen atoms in total. The number of fused-ring (bicyclic) bond motifs is 1.